The number of carbonyl (C=O) groups is 1. The van der Waals surface area contributed by atoms with Gasteiger partial charge in [-0.05, 0) is 29.7 Å². The molecule has 0 spiro atoms. The third-order valence-electron chi connectivity index (χ3n) is 5.54. The molecule has 0 atom stereocenters. The fraction of sp³-hybridized carbons (Fsp3) is 0.208. The van der Waals surface area contributed by atoms with Crippen molar-refractivity contribution in [2.24, 2.45) is 0 Å². The first-order chi connectivity index (χ1) is 17.1. The number of morpholine rings is 1. The molecule has 3 aromatic heterocycles. The Hall–Kier alpha value is -4.51. The lowest BCUT2D eigenvalue weighted by Gasteiger charge is -2.26. The van der Waals surface area contributed by atoms with Gasteiger partial charge in [0.15, 0.2) is 6.61 Å². The number of hydrogen-bond acceptors (Lipinski definition) is 9. The van der Waals surface area contributed by atoms with E-state index in [4.69, 9.17) is 15.2 Å². The first kappa shape index (κ1) is 22.3. The highest BCUT2D eigenvalue weighted by molar-refractivity contribution is 5.95. The fourth-order valence-electron chi connectivity index (χ4n) is 3.77. The average Bonchev–Trinajstić information content (AvgIpc) is 2.88. The summed E-state index contributed by atoms with van der Waals surface area (Å²) in [6, 6.07) is 10.7. The number of carbonyl (C=O) groups excluding carboxylic acids is 1. The second-order valence-electron chi connectivity index (χ2n) is 7.89. The summed E-state index contributed by atoms with van der Waals surface area (Å²) in [5.41, 5.74) is 7.20. The second-order valence-corrected chi connectivity index (χ2v) is 7.89. The lowest BCUT2D eigenvalue weighted by molar-refractivity contribution is -0.137. The molecule has 0 radical (unpaired) electrons. The SMILES string of the molecule is Nc1ncc(-c2cc3cc[nH]c(=O)c3c(Nc3cccc(OCC(=O)N4CCOCC4)c3)n2)cn1. The van der Waals surface area contributed by atoms with E-state index in [9.17, 15) is 9.59 Å². The number of nitrogen functional groups attached to an aromatic ring is 1. The van der Waals surface area contributed by atoms with Crippen LogP contribution in [0.1, 0.15) is 0 Å². The zero-order valence-corrected chi connectivity index (χ0v) is 18.7. The van der Waals surface area contributed by atoms with Crippen LogP contribution in [-0.4, -0.2) is 63.7 Å². The van der Waals surface area contributed by atoms with Crippen LogP contribution in [0.2, 0.25) is 0 Å². The van der Waals surface area contributed by atoms with Gasteiger partial charge in [0.1, 0.15) is 11.6 Å². The summed E-state index contributed by atoms with van der Waals surface area (Å²) in [6.45, 7) is 2.12. The summed E-state index contributed by atoms with van der Waals surface area (Å²) in [7, 11) is 0. The predicted molar refractivity (Wildman–Crippen MR) is 130 cm³/mol. The van der Waals surface area contributed by atoms with Crippen molar-refractivity contribution < 1.29 is 14.3 Å². The van der Waals surface area contributed by atoms with E-state index >= 15 is 0 Å². The van der Waals surface area contributed by atoms with Gasteiger partial charge in [-0.15, -0.1) is 0 Å². The number of rotatable bonds is 6. The molecule has 11 heteroatoms. The Bertz CT molecular complexity index is 1420. The van der Waals surface area contributed by atoms with Gasteiger partial charge in [-0.3, -0.25) is 9.59 Å². The highest BCUT2D eigenvalue weighted by Gasteiger charge is 2.17. The van der Waals surface area contributed by atoms with Gasteiger partial charge in [0.2, 0.25) is 5.95 Å². The minimum Gasteiger partial charge on any atom is -0.484 e. The molecule has 4 aromatic rings. The van der Waals surface area contributed by atoms with Gasteiger partial charge in [-0.1, -0.05) is 6.07 Å². The number of ether oxygens (including phenoxy) is 2. The van der Waals surface area contributed by atoms with E-state index < -0.39 is 0 Å². The maximum Gasteiger partial charge on any atom is 0.260 e. The van der Waals surface area contributed by atoms with E-state index in [0.29, 0.717) is 65.6 Å². The number of nitrogens with two attached hydrogens (primary N) is 1. The Kier molecular flexibility index (Phi) is 6.22. The molecular formula is C24H23N7O4. The number of nitrogens with zero attached hydrogens (tertiary/aromatic N) is 4. The van der Waals surface area contributed by atoms with Crippen LogP contribution < -0.4 is 21.3 Å². The molecule has 1 aromatic carbocycles. The molecule has 4 heterocycles. The lowest BCUT2D eigenvalue weighted by atomic mass is 10.1. The Morgan fingerprint density at radius 2 is 1.97 bits per heavy atom. The number of aromatic nitrogens is 4. The molecule has 0 aliphatic carbocycles. The van der Waals surface area contributed by atoms with E-state index in [1.54, 1.807) is 53.8 Å². The van der Waals surface area contributed by atoms with Crippen molar-refractivity contribution >= 4 is 34.1 Å². The normalized spacial score (nSPS) is 13.5. The van der Waals surface area contributed by atoms with Gasteiger partial charge in [-0.2, -0.15) is 0 Å². The summed E-state index contributed by atoms with van der Waals surface area (Å²) in [5, 5.41) is 4.31. The number of pyridine rings is 2. The van der Waals surface area contributed by atoms with Crippen molar-refractivity contribution in [1.82, 2.24) is 24.8 Å². The Morgan fingerprint density at radius 3 is 2.77 bits per heavy atom. The van der Waals surface area contributed by atoms with Crippen molar-refractivity contribution in [2.45, 2.75) is 0 Å². The molecule has 0 unspecified atom stereocenters. The number of hydrogen-bond donors (Lipinski definition) is 3. The highest BCUT2D eigenvalue weighted by atomic mass is 16.5. The third-order valence-corrected chi connectivity index (χ3v) is 5.54. The van der Waals surface area contributed by atoms with Crippen LogP contribution in [0, 0.1) is 0 Å². The number of fused-ring (bicyclic) bond motifs is 1. The van der Waals surface area contributed by atoms with Crippen molar-refractivity contribution in [3.63, 3.8) is 0 Å². The van der Waals surface area contributed by atoms with Crippen molar-refractivity contribution in [3.05, 3.63) is 65.3 Å². The van der Waals surface area contributed by atoms with E-state index in [1.165, 1.54) is 0 Å². The first-order valence-corrected chi connectivity index (χ1v) is 11.0. The zero-order chi connectivity index (χ0) is 24.2. The minimum absolute atomic E-state index is 0.0725. The average molecular weight is 473 g/mol. The third kappa shape index (κ3) is 5.04. The minimum atomic E-state index is -0.277. The van der Waals surface area contributed by atoms with Crippen LogP contribution in [-0.2, 0) is 9.53 Å². The maximum atomic E-state index is 12.6. The van der Waals surface area contributed by atoms with Gasteiger partial charge >= 0.3 is 0 Å². The maximum absolute atomic E-state index is 12.6. The Labute approximate surface area is 199 Å². The number of amides is 1. The summed E-state index contributed by atoms with van der Waals surface area (Å²) < 4.78 is 11.0. The van der Waals surface area contributed by atoms with Crippen LogP contribution in [0.5, 0.6) is 5.75 Å². The van der Waals surface area contributed by atoms with Crippen molar-refractivity contribution in [3.8, 4) is 17.0 Å². The fourth-order valence-corrected chi connectivity index (χ4v) is 3.77. The number of anilines is 3. The van der Waals surface area contributed by atoms with Crippen LogP contribution >= 0.6 is 0 Å². The molecule has 1 fully saturated rings. The second kappa shape index (κ2) is 9.77. The van der Waals surface area contributed by atoms with Gasteiger partial charge in [0, 0.05) is 49.0 Å². The largest absolute Gasteiger partial charge is 0.484 e. The summed E-state index contributed by atoms with van der Waals surface area (Å²) >= 11 is 0. The number of H-pyrrole nitrogens is 1. The van der Waals surface area contributed by atoms with Crippen LogP contribution in [0.4, 0.5) is 17.5 Å². The van der Waals surface area contributed by atoms with E-state index in [1.807, 2.05) is 6.07 Å². The molecule has 1 aliphatic heterocycles. The molecule has 0 bridgehead atoms. The number of benzene rings is 1. The molecule has 4 N–H and O–H groups in total. The molecule has 11 nitrogen and oxygen atoms in total. The van der Waals surface area contributed by atoms with E-state index in [0.717, 1.165) is 0 Å². The predicted octanol–water partition coefficient (Wildman–Crippen LogP) is 1.94. The molecule has 5 rings (SSSR count). The van der Waals surface area contributed by atoms with Crippen LogP contribution in [0.15, 0.2) is 59.8 Å². The van der Waals surface area contributed by atoms with Crippen molar-refractivity contribution in [2.75, 3.05) is 44.0 Å². The van der Waals surface area contributed by atoms with Gasteiger partial charge < -0.3 is 30.4 Å². The molecule has 1 saturated heterocycles. The lowest BCUT2D eigenvalue weighted by Crippen LogP contribution is -2.42. The summed E-state index contributed by atoms with van der Waals surface area (Å²) in [6.07, 6.45) is 4.73. The summed E-state index contributed by atoms with van der Waals surface area (Å²) in [4.78, 5) is 42.1. The molecule has 178 valence electrons. The monoisotopic (exact) mass is 473 g/mol. The number of aromatic amines is 1. The highest BCUT2D eigenvalue weighted by Crippen LogP contribution is 2.28. The molecule has 35 heavy (non-hydrogen) atoms. The topological polar surface area (TPSA) is 148 Å². The van der Waals surface area contributed by atoms with Crippen molar-refractivity contribution in [1.29, 1.82) is 0 Å². The quantitative estimate of drug-likeness (QED) is 0.382. The smallest absolute Gasteiger partial charge is 0.260 e. The Balaban J connectivity index is 1.41. The van der Waals surface area contributed by atoms with Crippen LogP contribution in [0.3, 0.4) is 0 Å². The van der Waals surface area contributed by atoms with E-state index in [-0.39, 0.29) is 24.0 Å². The first-order valence-electron chi connectivity index (χ1n) is 11.0. The van der Waals surface area contributed by atoms with Gasteiger partial charge in [0.25, 0.3) is 11.5 Å². The Morgan fingerprint density at radius 1 is 1.17 bits per heavy atom. The van der Waals surface area contributed by atoms with Crippen LogP contribution in [0.25, 0.3) is 22.0 Å². The molecule has 1 amide bonds. The number of nitrogens with one attached hydrogen (secondary N) is 2. The zero-order valence-electron chi connectivity index (χ0n) is 18.7. The molecule has 1 aliphatic rings. The molecule has 0 saturated carbocycles. The van der Waals surface area contributed by atoms with Gasteiger partial charge in [-0.25, -0.2) is 15.0 Å². The van der Waals surface area contributed by atoms with Gasteiger partial charge in [0.05, 0.1) is 24.3 Å². The summed E-state index contributed by atoms with van der Waals surface area (Å²) in [5.74, 6) is 0.938. The molecular weight excluding hydrogens is 450 g/mol. The standard InChI is InChI=1S/C24H23N7O4/c25-24-27-12-16(13-28-24)19-10-15-4-5-26-23(33)21(15)22(30-19)29-17-2-1-3-18(11-17)35-14-20(32)31-6-8-34-9-7-31/h1-5,10-13H,6-9,14H2,(H,26,33)(H,29,30)(H2,25,27,28). The van der Waals surface area contributed by atoms with E-state index in [2.05, 4.69) is 25.3 Å².